The molecular formula is C14H16F6N2O3. The number of rotatable bonds is 8. The lowest BCUT2D eigenvalue weighted by molar-refractivity contribution is -0.340. The number of aromatic nitrogens is 1. The molecule has 0 aliphatic rings. The topological polar surface area (TPSA) is 60.5 Å². The van der Waals surface area contributed by atoms with Crippen molar-refractivity contribution in [1.29, 1.82) is 0 Å². The van der Waals surface area contributed by atoms with Gasteiger partial charge >= 0.3 is 12.5 Å². The molecule has 0 saturated heterocycles. The van der Waals surface area contributed by atoms with Gasteiger partial charge in [0.05, 0.1) is 6.10 Å². The summed E-state index contributed by atoms with van der Waals surface area (Å²) in [6, 6.07) is 2.68. The molecule has 1 amide bonds. The number of carbonyl (C=O) groups is 1. The molecule has 0 fully saturated rings. The van der Waals surface area contributed by atoms with Gasteiger partial charge in [0.2, 0.25) is 11.8 Å². The molecule has 1 aromatic rings. The number of pyridine rings is 1. The Hall–Kier alpha value is -2.04. The third-order valence-electron chi connectivity index (χ3n) is 2.79. The summed E-state index contributed by atoms with van der Waals surface area (Å²) in [5.74, 6) is -0.775. The Bertz CT molecular complexity index is 562. The van der Waals surface area contributed by atoms with Crippen molar-refractivity contribution in [2.75, 3.05) is 6.61 Å². The first-order valence-electron chi connectivity index (χ1n) is 7.10. The molecule has 1 aromatic heterocycles. The fraction of sp³-hybridized carbons (Fsp3) is 0.571. The van der Waals surface area contributed by atoms with E-state index < -0.39 is 31.2 Å². The van der Waals surface area contributed by atoms with Crippen LogP contribution in [0.1, 0.15) is 25.3 Å². The predicted molar refractivity (Wildman–Crippen MR) is 73.5 cm³/mol. The molecular weight excluding hydrogens is 358 g/mol. The van der Waals surface area contributed by atoms with Crippen molar-refractivity contribution >= 4 is 5.91 Å². The highest BCUT2D eigenvalue weighted by molar-refractivity contribution is 5.75. The lowest BCUT2D eigenvalue weighted by Gasteiger charge is -2.14. The summed E-state index contributed by atoms with van der Waals surface area (Å²) >= 11 is 0. The van der Waals surface area contributed by atoms with E-state index >= 15 is 0 Å². The van der Waals surface area contributed by atoms with Gasteiger partial charge in [-0.15, -0.1) is 13.2 Å². The Labute approximate surface area is 139 Å². The molecule has 142 valence electrons. The van der Waals surface area contributed by atoms with Crippen LogP contribution in [0.2, 0.25) is 0 Å². The van der Waals surface area contributed by atoms with Crippen molar-refractivity contribution in [2.45, 2.75) is 45.0 Å². The van der Waals surface area contributed by atoms with Crippen molar-refractivity contribution in [1.82, 2.24) is 10.3 Å². The van der Waals surface area contributed by atoms with Gasteiger partial charge in [0, 0.05) is 25.2 Å². The molecule has 0 radical (unpaired) electrons. The Balaban J connectivity index is 2.38. The maximum Gasteiger partial charge on any atom is 0.522 e. The summed E-state index contributed by atoms with van der Waals surface area (Å²) in [5.41, 5.74) is 0.431. The lowest BCUT2D eigenvalue weighted by Crippen LogP contribution is -2.26. The van der Waals surface area contributed by atoms with Gasteiger partial charge in [0.25, 0.3) is 0 Å². The maximum absolute atomic E-state index is 12.1. The van der Waals surface area contributed by atoms with Gasteiger partial charge in [-0.25, -0.2) is 4.98 Å². The van der Waals surface area contributed by atoms with Crippen LogP contribution in [0, 0.1) is 0 Å². The van der Waals surface area contributed by atoms with Crippen molar-refractivity contribution in [3.05, 3.63) is 23.9 Å². The second kappa shape index (κ2) is 8.88. The fourth-order valence-electron chi connectivity index (χ4n) is 1.71. The van der Waals surface area contributed by atoms with Gasteiger partial charge in [0.1, 0.15) is 0 Å². The van der Waals surface area contributed by atoms with E-state index in [1.165, 1.54) is 25.3 Å². The highest BCUT2D eigenvalue weighted by Gasteiger charge is 2.31. The summed E-state index contributed by atoms with van der Waals surface area (Å²) in [7, 11) is 0. The summed E-state index contributed by atoms with van der Waals surface area (Å²) in [5, 5.41) is 2.44. The monoisotopic (exact) mass is 374 g/mol. The standard InChI is InChI=1S/C14H16F6N2O3/c1-9(25-14(18,19)20)2-3-11(23)22-7-10-4-5-21-12(6-10)24-8-13(15,16)17/h4-6,9H,2-3,7-8H2,1H3,(H,22,23). The number of ether oxygens (including phenoxy) is 2. The van der Waals surface area contributed by atoms with E-state index in [0.717, 1.165) is 0 Å². The quantitative estimate of drug-likeness (QED) is 0.709. The van der Waals surface area contributed by atoms with E-state index in [1.807, 2.05) is 0 Å². The number of nitrogens with one attached hydrogen (secondary N) is 1. The normalized spacial score (nSPS) is 13.4. The minimum atomic E-state index is -4.76. The van der Waals surface area contributed by atoms with E-state index in [9.17, 15) is 31.1 Å². The highest BCUT2D eigenvalue weighted by atomic mass is 19.4. The number of hydrogen-bond acceptors (Lipinski definition) is 4. The molecule has 5 nitrogen and oxygen atoms in total. The molecule has 1 atom stereocenters. The number of carbonyl (C=O) groups excluding carboxylic acids is 1. The second-order valence-electron chi connectivity index (χ2n) is 5.10. The molecule has 11 heteroatoms. The number of nitrogens with zero attached hydrogens (tertiary/aromatic N) is 1. The maximum atomic E-state index is 12.1. The average Bonchev–Trinajstić information content (AvgIpc) is 2.47. The fourth-order valence-corrected chi connectivity index (χ4v) is 1.71. The predicted octanol–water partition coefficient (Wildman–Crippen LogP) is 3.34. The third kappa shape index (κ3) is 10.4. The van der Waals surface area contributed by atoms with Gasteiger partial charge in [-0.05, 0) is 25.0 Å². The number of hydrogen-bond donors (Lipinski definition) is 1. The molecule has 1 heterocycles. The second-order valence-corrected chi connectivity index (χ2v) is 5.10. The van der Waals surface area contributed by atoms with Gasteiger partial charge in [-0.1, -0.05) is 0 Å². The molecule has 0 saturated carbocycles. The van der Waals surface area contributed by atoms with Gasteiger partial charge in [0.15, 0.2) is 6.61 Å². The molecule has 1 rings (SSSR count). The van der Waals surface area contributed by atoms with Crippen LogP contribution in [-0.2, 0) is 16.1 Å². The zero-order valence-corrected chi connectivity index (χ0v) is 13.1. The third-order valence-corrected chi connectivity index (χ3v) is 2.79. The number of halogens is 6. The van der Waals surface area contributed by atoms with Crippen LogP contribution in [0.3, 0.4) is 0 Å². The molecule has 0 bridgehead atoms. The average molecular weight is 374 g/mol. The zero-order valence-electron chi connectivity index (χ0n) is 13.1. The Morgan fingerprint density at radius 3 is 2.56 bits per heavy atom. The summed E-state index contributed by atoms with van der Waals surface area (Å²) in [4.78, 5) is 15.2. The van der Waals surface area contributed by atoms with E-state index in [0.29, 0.717) is 5.56 Å². The Kier molecular flexibility index (Phi) is 7.46. The van der Waals surface area contributed by atoms with Crippen LogP contribution in [0.25, 0.3) is 0 Å². The minimum Gasteiger partial charge on any atom is -0.468 e. The Morgan fingerprint density at radius 1 is 1.28 bits per heavy atom. The first-order chi connectivity index (χ1) is 11.4. The molecule has 0 aliphatic heterocycles. The van der Waals surface area contributed by atoms with Gasteiger partial charge < -0.3 is 10.1 Å². The molecule has 0 aromatic carbocycles. The number of alkyl halides is 6. The number of amides is 1. The van der Waals surface area contributed by atoms with Crippen molar-refractivity contribution < 1.29 is 40.6 Å². The first kappa shape index (κ1) is 21.0. The molecule has 25 heavy (non-hydrogen) atoms. The van der Waals surface area contributed by atoms with Crippen molar-refractivity contribution in [3.8, 4) is 5.88 Å². The molecule has 0 spiro atoms. The largest absolute Gasteiger partial charge is 0.522 e. The van der Waals surface area contributed by atoms with Crippen molar-refractivity contribution in [3.63, 3.8) is 0 Å². The molecule has 0 aliphatic carbocycles. The van der Waals surface area contributed by atoms with Crippen LogP contribution >= 0.6 is 0 Å². The Morgan fingerprint density at radius 2 is 1.96 bits per heavy atom. The summed E-state index contributed by atoms with van der Waals surface area (Å²) in [6.45, 7) is -0.334. The highest BCUT2D eigenvalue weighted by Crippen LogP contribution is 2.20. The summed E-state index contributed by atoms with van der Waals surface area (Å²) in [6.07, 6.45) is -9.55. The van der Waals surface area contributed by atoms with Crippen LogP contribution in [0.4, 0.5) is 26.3 Å². The van der Waals surface area contributed by atoms with Crippen LogP contribution < -0.4 is 10.1 Å². The van der Waals surface area contributed by atoms with E-state index in [2.05, 4.69) is 19.8 Å². The van der Waals surface area contributed by atoms with Crippen LogP contribution in [0.5, 0.6) is 5.88 Å². The minimum absolute atomic E-state index is 0.0295. The van der Waals surface area contributed by atoms with Gasteiger partial charge in [-0.2, -0.15) is 13.2 Å². The van der Waals surface area contributed by atoms with Gasteiger partial charge in [-0.3, -0.25) is 9.53 Å². The van der Waals surface area contributed by atoms with Crippen LogP contribution in [0.15, 0.2) is 18.3 Å². The van der Waals surface area contributed by atoms with E-state index in [-0.39, 0.29) is 25.3 Å². The molecule has 1 N–H and O–H groups in total. The van der Waals surface area contributed by atoms with E-state index in [4.69, 9.17) is 0 Å². The van der Waals surface area contributed by atoms with Crippen LogP contribution in [-0.4, -0.2) is 36.1 Å². The zero-order chi connectivity index (χ0) is 19.1. The van der Waals surface area contributed by atoms with Crippen molar-refractivity contribution in [2.24, 2.45) is 0 Å². The van der Waals surface area contributed by atoms with E-state index in [1.54, 1.807) is 0 Å². The smallest absolute Gasteiger partial charge is 0.468 e. The first-order valence-corrected chi connectivity index (χ1v) is 7.10. The molecule has 1 unspecified atom stereocenters. The lowest BCUT2D eigenvalue weighted by atomic mass is 10.2. The SMILES string of the molecule is CC(CCC(=O)NCc1ccnc(OCC(F)(F)F)c1)OC(F)(F)F. The summed E-state index contributed by atoms with van der Waals surface area (Å²) < 4.78 is 80.3.